The summed E-state index contributed by atoms with van der Waals surface area (Å²) in [7, 11) is 0. The Bertz CT molecular complexity index is 1120. The zero-order valence-electron chi connectivity index (χ0n) is 17.5. The molecule has 1 aliphatic carbocycles. The average Bonchev–Trinajstić information content (AvgIpc) is 3.21. The molecular formula is C25H27NO4. The molecule has 1 unspecified atom stereocenters. The predicted octanol–water partition coefficient (Wildman–Crippen LogP) is 4.11. The summed E-state index contributed by atoms with van der Waals surface area (Å²) in [5.41, 5.74) is 4.22. The molecule has 1 amide bonds. The quantitative estimate of drug-likeness (QED) is 0.601. The fourth-order valence-electron chi connectivity index (χ4n) is 4.18. The van der Waals surface area contributed by atoms with Crippen molar-refractivity contribution in [2.75, 3.05) is 6.61 Å². The Morgan fingerprint density at radius 1 is 1.17 bits per heavy atom. The van der Waals surface area contributed by atoms with Crippen LogP contribution in [0, 0.1) is 6.92 Å². The summed E-state index contributed by atoms with van der Waals surface area (Å²) < 4.78 is 11.5. The van der Waals surface area contributed by atoms with E-state index in [4.69, 9.17) is 9.15 Å². The van der Waals surface area contributed by atoms with E-state index < -0.39 is 0 Å². The molecule has 0 fully saturated rings. The van der Waals surface area contributed by atoms with E-state index in [1.807, 2.05) is 44.2 Å². The molecule has 1 atom stereocenters. The van der Waals surface area contributed by atoms with Gasteiger partial charge in [0.15, 0.2) is 6.61 Å². The van der Waals surface area contributed by atoms with E-state index in [0.717, 1.165) is 54.2 Å². The van der Waals surface area contributed by atoms with Crippen LogP contribution < -0.4 is 15.7 Å². The maximum Gasteiger partial charge on any atom is 0.339 e. The third kappa shape index (κ3) is 4.40. The molecule has 1 aromatic heterocycles. The minimum absolute atomic E-state index is 0.0535. The summed E-state index contributed by atoms with van der Waals surface area (Å²) in [5, 5.41) is 3.84. The highest BCUT2D eigenvalue weighted by Crippen LogP contribution is 2.35. The monoisotopic (exact) mass is 405 g/mol. The van der Waals surface area contributed by atoms with Crippen molar-refractivity contribution in [3.63, 3.8) is 0 Å². The molecule has 1 aliphatic rings. The first-order valence-corrected chi connectivity index (χ1v) is 10.6. The van der Waals surface area contributed by atoms with Gasteiger partial charge in [0.2, 0.25) is 0 Å². The van der Waals surface area contributed by atoms with Crippen LogP contribution in [0.25, 0.3) is 11.0 Å². The average molecular weight is 405 g/mol. The highest BCUT2D eigenvalue weighted by Gasteiger charge is 2.22. The van der Waals surface area contributed by atoms with Crippen molar-refractivity contribution in [1.82, 2.24) is 5.32 Å². The van der Waals surface area contributed by atoms with Crippen LogP contribution in [0.3, 0.4) is 0 Å². The molecule has 0 radical (unpaired) electrons. The Labute approximate surface area is 176 Å². The van der Waals surface area contributed by atoms with Crippen molar-refractivity contribution in [3.05, 3.63) is 75.1 Å². The van der Waals surface area contributed by atoms with Crippen LogP contribution >= 0.6 is 0 Å². The van der Waals surface area contributed by atoms with Gasteiger partial charge in [-0.3, -0.25) is 4.79 Å². The van der Waals surface area contributed by atoms with Gasteiger partial charge in [-0.25, -0.2) is 4.79 Å². The van der Waals surface area contributed by atoms with Crippen molar-refractivity contribution < 1.29 is 13.9 Å². The number of fused-ring (bicyclic) bond motifs is 3. The molecule has 0 saturated carbocycles. The number of hydrogen-bond donors (Lipinski definition) is 1. The summed E-state index contributed by atoms with van der Waals surface area (Å²) in [5.74, 6) is 0.457. The van der Waals surface area contributed by atoms with E-state index in [0.29, 0.717) is 11.3 Å². The van der Waals surface area contributed by atoms with Crippen LogP contribution in [-0.2, 0) is 24.1 Å². The molecule has 3 aromatic rings. The molecule has 2 aromatic carbocycles. The van der Waals surface area contributed by atoms with Crippen LogP contribution in [0.4, 0.5) is 0 Å². The zero-order valence-corrected chi connectivity index (χ0v) is 17.5. The van der Waals surface area contributed by atoms with Crippen molar-refractivity contribution >= 4 is 16.9 Å². The number of benzene rings is 2. The predicted molar refractivity (Wildman–Crippen MR) is 117 cm³/mol. The number of hydrogen-bond acceptors (Lipinski definition) is 4. The third-order valence-electron chi connectivity index (χ3n) is 5.65. The highest BCUT2D eigenvalue weighted by molar-refractivity contribution is 5.89. The van der Waals surface area contributed by atoms with Crippen LogP contribution in [0.5, 0.6) is 5.75 Å². The Hall–Kier alpha value is -3.08. The van der Waals surface area contributed by atoms with E-state index in [1.54, 1.807) is 0 Å². The van der Waals surface area contributed by atoms with Gasteiger partial charge in [0, 0.05) is 11.6 Å². The molecule has 0 bridgehead atoms. The molecule has 5 nitrogen and oxygen atoms in total. The summed E-state index contributed by atoms with van der Waals surface area (Å²) in [6.07, 6.45) is 4.28. The van der Waals surface area contributed by atoms with E-state index >= 15 is 0 Å². The number of nitrogens with one attached hydrogen (secondary N) is 1. The van der Waals surface area contributed by atoms with Gasteiger partial charge in [0.05, 0.1) is 5.39 Å². The van der Waals surface area contributed by atoms with E-state index in [1.165, 1.54) is 5.56 Å². The zero-order chi connectivity index (χ0) is 21.1. The minimum atomic E-state index is -0.253. The Balaban J connectivity index is 1.42. The van der Waals surface area contributed by atoms with Crippen molar-refractivity contribution in [2.24, 2.45) is 0 Å². The van der Waals surface area contributed by atoms with E-state index in [-0.39, 0.29) is 24.2 Å². The van der Waals surface area contributed by atoms with Crippen LogP contribution in [-0.4, -0.2) is 18.6 Å². The van der Waals surface area contributed by atoms with E-state index in [2.05, 4.69) is 17.4 Å². The second-order valence-corrected chi connectivity index (χ2v) is 8.12. The van der Waals surface area contributed by atoms with Crippen LogP contribution in [0.15, 0.2) is 51.7 Å². The first-order valence-electron chi connectivity index (χ1n) is 10.6. The minimum Gasteiger partial charge on any atom is -0.483 e. The largest absolute Gasteiger partial charge is 0.483 e. The van der Waals surface area contributed by atoms with Gasteiger partial charge in [0.1, 0.15) is 11.3 Å². The molecule has 1 heterocycles. The molecule has 0 spiro atoms. The molecule has 0 saturated heterocycles. The summed E-state index contributed by atoms with van der Waals surface area (Å²) >= 11 is 0. The van der Waals surface area contributed by atoms with Gasteiger partial charge in [0.25, 0.3) is 5.91 Å². The first kappa shape index (κ1) is 20.2. The third-order valence-corrected chi connectivity index (χ3v) is 5.65. The summed E-state index contributed by atoms with van der Waals surface area (Å²) in [4.78, 5) is 24.7. The molecular weight excluding hydrogens is 378 g/mol. The number of amides is 1. The van der Waals surface area contributed by atoms with Gasteiger partial charge in [-0.15, -0.1) is 0 Å². The molecule has 5 heteroatoms. The normalized spacial score (nSPS) is 13.8. The molecule has 156 valence electrons. The molecule has 1 N–H and O–H groups in total. The second-order valence-electron chi connectivity index (χ2n) is 8.12. The van der Waals surface area contributed by atoms with Crippen LogP contribution in [0.1, 0.15) is 42.0 Å². The fourth-order valence-corrected chi connectivity index (χ4v) is 4.18. The fraction of sp³-hybridized carbons (Fsp3) is 0.360. The molecule has 4 rings (SSSR count). The number of carbonyl (C=O) groups is 1. The lowest BCUT2D eigenvalue weighted by Crippen LogP contribution is -2.36. The molecule has 0 aliphatic heterocycles. The van der Waals surface area contributed by atoms with Crippen molar-refractivity contribution in [3.8, 4) is 5.75 Å². The van der Waals surface area contributed by atoms with Gasteiger partial charge in [-0.05, 0) is 74.8 Å². The topological polar surface area (TPSA) is 68.5 Å². The Morgan fingerprint density at radius 3 is 2.73 bits per heavy atom. The second kappa shape index (κ2) is 8.74. The lowest BCUT2D eigenvalue weighted by Gasteiger charge is -2.16. The van der Waals surface area contributed by atoms with Crippen molar-refractivity contribution in [1.29, 1.82) is 0 Å². The number of ether oxygens (including phenoxy) is 1. The van der Waals surface area contributed by atoms with Gasteiger partial charge >= 0.3 is 5.63 Å². The summed E-state index contributed by atoms with van der Waals surface area (Å²) in [6.45, 7) is 3.86. The Morgan fingerprint density at radius 2 is 1.93 bits per heavy atom. The van der Waals surface area contributed by atoms with Gasteiger partial charge < -0.3 is 14.5 Å². The Kier molecular flexibility index (Phi) is 5.88. The van der Waals surface area contributed by atoms with Crippen molar-refractivity contribution in [2.45, 2.75) is 52.0 Å². The SMILES string of the molecule is Cc1cc(OCC(=O)NC(C)CCc2ccccc2)c2c3c(c(=O)oc2c1)CCC3. The highest BCUT2D eigenvalue weighted by atomic mass is 16.5. The molecule has 30 heavy (non-hydrogen) atoms. The maximum atomic E-state index is 12.4. The van der Waals surface area contributed by atoms with Crippen LogP contribution in [0.2, 0.25) is 0 Å². The lowest BCUT2D eigenvalue weighted by molar-refractivity contribution is -0.123. The van der Waals surface area contributed by atoms with Gasteiger partial charge in [-0.1, -0.05) is 30.3 Å². The van der Waals surface area contributed by atoms with E-state index in [9.17, 15) is 9.59 Å². The number of rotatable bonds is 7. The lowest BCUT2D eigenvalue weighted by atomic mass is 10.0. The summed E-state index contributed by atoms with van der Waals surface area (Å²) in [6, 6.07) is 14.1. The smallest absolute Gasteiger partial charge is 0.339 e. The maximum absolute atomic E-state index is 12.4. The number of aryl methyl sites for hydroxylation is 3. The number of carbonyl (C=O) groups excluding carboxylic acids is 1. The van der Waals surface area contributed by atoms with Gasteiger partial charge in [-0.2, -0.15) is 0 Å². The first-order chi connectivity index (χ1) is 14.5. The standard InChI is InChI=1S/C25H27NO4/c1-16-13-21(24-19-9-6-10-20(19)25(28)30-22(24)14-16)29-15-23(27)26-17(2)11-12-18-7-4-3-5-8-18/h3-5,7-8,13-14,17H,6,9-12,15H2,1-2H3,(H,26,27).